The number of nitrogens with zero attached hydrogens (tertiary/aromatic N) is 1. The van der Waals surface area contributed by atoms with Gasteiger partial charge in [-0.05, 0) is 40.8 Å². The molecule has 0 amide bonds. The van der Waals surface area contributed by atoms with Gasteiger partial charge in [-0.15, -0.1) is 11.3 Å². The molecule has 0 bridgehead atoms. The molecule has 7 heteroatoms. The lowest BCUT2D eigenvalue weighted by atomic mass is 10.0. The van der Waals surface area contributed by atoms with E-state index in [1.807, 2.05) is 34.7 Å². The van der Waals surface area contributed by atoms with Gasteiger partial charge in [0.1, 0.15) is 0 Å². The standard InChI is InChI=1S/C14H24N2O3S2/c1-13(2)9-16(10-14(3,4)19-13)21(17,18)12-6-11(7-15-5)20-8-12/h6,8,15H,7,9-10H2,1-5H3. The predicted octanol–water partition coefficient (Wildman–Crippen LogP) is 2.05. The van der Waals surface area contributed by atoms with Gasteiger partial charge >= 0.3 is 0 Å². The molecular weight excluding hydrogens is 308 g/mol. The second-order valence-corrected chi connectivity index (χ2v) is 9.61. The van der Waals surface area contributed by atoms with Crippen molar-refractivity contribution in [2.24, 2.45) is 0 Å². The van der Waals surface area contributed by atoms with E-state index in [0.717, 1.165) is 4.88 Å². The van der Waals surface area contributed by atoms with Crippen LogP contribution in [0.5, 0.6) is 0 Å². The largest absolute Gasteiger partial charge is 0.367 e. The van der Waals surface area contributed by atoms with Crippen LogP contribution in [0.3, 0.4) is 0 Å². The zero-order valence-electron chi connectivity index (χ0n) is 13.3. The van der Waals surface area contributed by atoms with E-state index < -0.39 is 21.2 Å². The number of rotatable bonds is 4. The SMILES string of the molecule is CNCc1cc(S(=O)(=O)N2CC(C)(C)OC(C)(C)C2)cs1. The first-order valence-corrected chi connectivity index (χ1v) is 9.30. The van der Waals surface area contributed by atoms with E-state index in [1.165, 1.54) is 11.3 Å². The first kappa shape index (κ1) is 16.9. The van der Waals surface area contributed by atoms with Crippen LogP contribution in [-0.2, 0) is 21.3 Å². The lowest BCUT2D eigenvalue weighted by Crippen LogP contribution is -2.58. The molecular formula is C14H24N2O3S2. The summed E-state index contributed by atoms with van der Waals surface area (Å²) in [6.45, 7) is 9.13. The van der Waals surface area contributed by atoms with E-state index in [2.05, 4.69) is 5.32 Å². The van der Waals surface area contributed by atoms with Crippen LogP contribution >= 0.6 is 11.3 Å². The van der Waals surface area contributed by atoms with Gasteiger partial charge in [0, 0.05) is 29.9 Å². The van der Waals surface area contributed by atoms with Gasteiger partial charge in [-0.25, -0.2) is 8.42 Å². The van der Waals surface area contributed by atoms with Crippen molar-refractivity contribution < 1.29 is 13.2 Å². The van der Waals surface area contributed by atoms with Crippen molar-refractivity contribution in [2.75, 3.05) is 20.1 Å². The van der Waals surface area contributed by atoms with E-state index in [9.17, 15) is 8.42 Å². The Kier molecular flexibility index (Phi) is 4.52. The minimum Gasteiger partial charge on any atom is -0.367 e. The highest BCUT2D eigenvalue weighted by molar-refractivity contribution is 7.89. The van der Waals surface area contributed by atoms with Gasteiger partial charge in [0.25, 0.3) is 0 Å². The van der Waals surface area contributed by atoms with Gasteiger partial charge in [-0.1, -0.05) is 0 Å². The quantitative estimate of drug-likeness (QED) is 0.917. The lowest BCUT2D eigenvalue weighted by molar-refractivity contribution is -0.163. The molecule has 1 aromatic rings. The highest BCUT2D eigenvalue weighted by atomic mass is 32.2. The highest BCUT2D eigenvalue weighted by Gasteiger charge is 2.43. The van der Waals surface area contributed by atoms with Gasteiger partial charge in [-0.3, -0.25) is 0 Å². The van der Waals surface area contributed by atoms with Crippen molar-refractivity contribution in [2.45, 2.75) is 50.3 Å². The normalized spacial score (nSPS) is 22.3. The summed E-state index contributed by atoms with van der Waals surface area (Å²) in [5.41, 5.74) is -0.975. The van der Waals surface area contributed by atoms with E-state index in [1.54, 1.807) is 15.8 Å². The summed E-state index contributed by atoms with van der Waals surface area (Å²) in [4.78, 5) is 1.40. The Morgan fingerprint density at radius 3 is 2.38 bits per heavy atom. The van der Waals surface area contributed by atoms with Gasteiger partial charge in [-0.2, -0.15) is 4.31 Å². The van der Waals surface area contributed by atoms with Gasteiger partial charge in [0.05, 0.1) is 16.1 Å². The molecule has 0 spiro atoms. The van der Waals surface area contributed by atoms with Crippen LogP contribution in [0, 0.1) is 0 Å². The number of thiophene rings is 1. The maximum Gasteiger partial charge on any atom is 0.244 e. The predicted molar refractivity (Wildman–Crippen MR) is 85.1 cm³/mol. The Hall–Kier alpha value is -0.470. The number of ether oxygens (including phenoxy) is 1. The van der Waals surface area contributed by atoms with Crippen LogP contribution in [0.25, 0.3) is 0 Å². The van der Waals surface area contributed by atoms with E-state index in [0.29, 0.717) is 24.5 Å². The molecule has 0 saturated carbocycles. The Labute approximate surface area is 131 Å². The third kappa shape index (κ3) is 3.84. The Morgan fingerprint density at radius 2 is 1.86 bits per heavy atom. The molecule has 5 nitrogen and oxygen atoms in total. The van der Waals surface area contributed by atoms with E-state index in [-0.39, 0.29) is 0 Å². The zero-order chi connectivity index (χ0) is 15.9. The van der Waals surface area contributed by atoms with Crippen molar-refractivity contribution >= 4 is 21.4 Å². The summed E-state index contributed by atoms with van der Waals surface area (Å²) < 4.78 is 33.2. The molecule has 0 radical (unpaired) electrons. The minimum atomic E-state index is -3.47. The summed E-state index contributed by atoms with van der Waals surface area (Å²) in [6, 6.07) is 1.76. The monoisotopic (exact) mass is 332 g/mol. The second-order valence-electron chi connectivity index (χ2n) is 6.67. The van der Waals surface area contributed by atoms with Crippen molar-refractivity contribution in [3.05, 3.63) is 16.3 Å². The molecule has 1 aliphatic heterocycles. The molecule has 1 aliphatic rings. The summed E-state index contributed by atoms with van der Waals surface area (Å²) >= 11 is 1.47. The van der Waals surface area contributed by atoms with Crippen LogP contribution in [0.4, 0.5) is 0 Å². The second kappa shape index (κ2) is 5.62. The van der Waals surface area contributed by atoms with Gasteiger partial charge in [0.15, 0.2) is 0 Å². The van der Waals surface area contributed by atoms with E-state index >= 15 is 0 Å². The summed E-state index contributed by atoms with van der Waals surface area (Å²) in [5, 5.41) is 4.76. The molecule has 1 N–H and O–H groups in total. The van der Waals surface area contributed by atoms with Crippen LogP contribution < -0.4 is 5.32 Å². The van der Waals surface area contributed by atoms with Crippen molar-refractivity contribution in [3.63, 3.8) is 0 Å². The molecule has 1 aromatic heterocycles. The Bertz CT molecular complexity index is 589. The molecule has 2 heterocycles. The molecule has 0 unspecified atom stereocenters. The van der Waals surface area contributed by atoms with Gasteiger partial charge < -0.3 is 10.1 Å². The van der Waals surface area contributed by atoms with E-state index in [4.69, 9.17) is 4.74 Å². The summed E-state index contributed by atoms with van der Waals surface area (Å²) in [6.07, 6.45) is 0. The fourth-order valence-corrected chi connectivity index (χ4v) is 5.81. The molecule has 120 valence electrons. The summed E-state index contributed by atoms with van der Waals surface area (Å²) in [7, 11) is -1.62. The smallest absolute Gasteiger partial charge is 0.244 e. The van der Waals surface area contributed by atoms with Crippen LogP contribution in [-0.4, -0.2) is 44.1 Å². The topological polar surface area (TPSA) is 58.6 Å². The minimum absolute atomic E-state index is 0.371. The average molecular weight is 332 g/mol. The Balaban J connectivity index is 2.29. The number of hydrogen-bond acceptors (Lipinski definition) is 5. The van der Waals surface area contributed by atoms with Crippen LogP contribution in [0.2, 0.25) is 0 Å². The number of nitrogens with one attached hydrogen (secondary N) is 1. The zero-order valence-corrected chi connectivity index (χ0v) is 14.9. The summed E-state index contributed by atoms with van der Waals surface area (Å²) in [5.74, 6) is 0. The van der Waals surface area contributed by atoms with Crippen molar-refractivity contribution in [1.82, 2.24) is 9.62 Å². The first-order chi connectivity index (χ1) is 9.56. The third-order valence-corrected chi connectivity index (χ3v) is 6.14. The molecule has 1 saturated heterocycles. The van der Waals surface area contributed by atoms with Crippen LogP contribution in [0.1, 0.15) is 32.6 Å². The fraction of sp³-hybridized carbons (Fsp3) is 0.714. The molecule has 0 aliphatic carbocycles. The number of hydrogen-bond donors (Lipinski definition) is 1. The maximum absolute atomic E-state index is 12.8. The van der Waals surface area contributed by atoms with Crippen molar-refractivity contribution in [1.29, 1.82) is 0 Å². The van der Waals surface area contributed by atoms with Crippen molar-refractivity contribution in [3.8, 4) is 0 Å². The first-order valence-electron chi connectivity index (χ1n) is 6.98. The lowest BCUT2D eigenvalue weighted by Gasteiger charge is -2.46. The van der Waals surface area contributed by atoms with Crippen LogP contribution in [0.15, 0.2) is 16.3 Å². The molecule has 21 heavy (non-hydrogen) atoms. The van der Waals surface area contributed by atoms with Gasteiger partial charge in [0.2, 0.25) is 10.0 Å². The molecule has 2 rings (SSSR count). The Morgan fingerprint density at radius 1 is 1.29 bits per heavy atom. The highest BCUT2D eigenvalue weighted by Crippen LogP contribution is 2.32. The maximum atomic E-state index is 12.8. The number of morpholine rings is 1. The third-order valence-electron chi connectivity index (χ3n) is 3.29. The molecule has 0 atom stereocenters. The fourth-order valence-electron chi connectivity index (χ4n) is 2.80. The molecule has 1 fully saturated rings. The molecule has 0 aromatic carbocycles. The number of sulfonamides is 1. The average Bonchev–Trinajstić information content (AvgIpc) is 2.74.